The van der Waals surface area contributed by atoms with Gasteiger partial charge in [-0.2, -0.15) is 0 Å². The molecule has 0 aromatic carbocycles. The number of anilines is 1. The number of carbonyl (C=O) groups excluding carboxylic acids is 1. The van der Waals surface area contributed by atoms with Crippen molar-refractivity contribution in [3.63, 3.8) is 0 Å². The molecule has 1 aromatic rings. The van der Waals surface area contributed by atoms with Crippen LogP contribution in [0.25, 0.3) is 0 Å². The summed E-state index contributed by atoms with van der Waals surface area (Å²) in [5.41, 5.74) is 0. The number of hydrogen-bond donors (Lipinski definition) is 2. The van der Waals surface area contributed by atoms with Crippen LogP contribution in [0.15, 0.2) is 18.6 Å². The topological polar surface area (TPSA) is 79.4 Å². The largest absolute Gasteiger partial charge is 0.375 e. The van der Waals surface area contributed by atoms with Gasteiger partial charge in [0.05, 0.1) is 18.9 Å². The molecule has 152 valence electrons. The zero-order valence-corrected chi connectivity index (χ0v) is 17.0. The number of halogens is 2. The minimum absolute atomic E-state index is 0. The molecule has 4 rings (SSSR count). The Labute approximate surface area is 172 Å². The zero-order valence-electron chi connectivity index (χ0n) is 15.4. The summed E-state index contributed by atoms with van der Waals surface area (Å²) in [6.45, 7) is 3.52. The number of rotatable bonds is 3. The van der Waals surface area contributed by atoms with Gasteiger partial charge >= 0.3 is 0 Å². The Morgan fingerprint density at radius 2 is 2.00 bits per heavy atom. The van der Waals surface area contributed by atoms with E-state index in [4.69, 9.17) is 4.74 Å². The first kappa shape index (κ1) is 22.1. The molecule has 3 atom stereocenters. The fourth-order valence-corrected chi connectivity index (χ4v) is 4.28. The highest BCUT2D eigenvalue weighted by atomic mass is 35.5. The summed E-state index contributed by atoms with van der Waals surface area (Å²) in [5, 5.41) is 6.79. The number of hydrogen-bond acceptors (Lipinski definition) is 6. The van der Waals surface area contributed by atoms with Gasteiger partial charge in [0.1, 0.15) is 5.82 Å². The molecule has 3 aliphatic rings. The van der Waals surface area contributed by atoms with E-state index in [-0.39, 0.29) is 42.7 Å². The lowest BCUT2D eigenvalue weighted by molar-refractivity contribution is -0.129. The van der Waals surface area contributed by atoms with Crippen LogP contribution >= 0.6 is 24.8 Å². The highest BCUT2D eigenvalue weighted by Crippen LogP contribution is 2.28. The molecule has 1 saturated carbocycles. The van der Waals surface area contributed by atoms with Crippen LogP contribution in [-0.2, 0) is 9.53 Å². The second-order valence-corrected chi connectivity index (χ2v) is 7.31. The van der Waals surface area contributed by atoms with Crippen molar-refractivity contribution in [2.75, 3.05) is 31.1 Å². The summed E-state index contributed by atoms with van der Waals surface area (Å²) < 4.78 is 5.80. The molecule has 0 spiro atoms. The van der Waals surface area contributed by atoms with E-state index in [1.165, 1.54) is 0 Å². The molecule has 7 nitrogen and oxygen atoms in total. The lowest BCUT2D eigenvalue weighted by Crippen LogP contribution is -2.54. The van der Waals surface area contributed by atoms with Crippen molar-refractivity contribution in [1.29, 1.82) is 0 Å². The summed E-state index contributed by atoms with van der Waals surface area (Å²) in [4.78, 5) is 23.4. The average molecular weight is 418 g/mol. The molecule has 2 N–H and O–H groups in total. The van der Waals surface area contributed by atoms with Gasteiger partial charge in [-0.15, -0.1) is 24.8 Å². The molecule has 3 heterocycles. The number of carbonyl (C=O) groups is 1. The number of piperidine rings is 1. The Balaban J connectivity index is 0.00000131. The van der Waals surface area contributed by atoms with Crippen LogP contribution in [0.5, 0.6) is 0 Å². The molecule has 9 heteroatoms. The predicted octanol–water partition coefficient (Wildman–Crippen LogP) is 1.56. The van der Waals surface area contributed by atoms with E-state index in [0.29, 0.717) is 12.1 Å². The van der Waals surface area contributed by atoms with E-state index in [1.54, 1.807) is 18.6 Å². The minimum Gasteiger partial charge on any atom is -0.375 e. The van der Waals surface area contributed by atoms with Gasteiger partial charge < -0.3 is 20.3 Å². The van der Waals surface area contributed by atoms with Crippen LogP contribution in [0, 0.1) is 5.92 Å². The maximum Gasteiger partial charge on any atom is 0.223 e. The Morgan fingerprint density at radius 3 is 2.74 bits per heavy atom. The van der Waals surface area contributed by atoms with Gasteiger partial charge in [-0.05, 0) is 32.1 Å². The third kappa shape index (κ3) is 5.44. The Kier molecular flexibility index (Phi) is 8.54. The molecule has 27 heavy (non-hydrogen) atoms. The van der Waals surface area contributed by atoms with Gasteiger partial charge in [0.2, 0.25) is 5.91 Å². The summed E-state index contributed by atoms with van der Waals surface area (Å²) >= 11 is 0. The smallest absolute Gasteiger partial charge is 0.223 e. The summed E-state index contributed by atoms with van der Waals surface area (Å²) in [5.74, 6) is 1.27. The second kappa shape index (κ2) is 10.4. The van der Waals surface area contributed by atoms with E-state index in [2.05, 4.69) is 25.5 Å². The molecule has 1 aromatic heterocycles. The molecule has 0 unspecified atom stereocenters. The molecule has 0 bridgehead atoms. The first-order chi connectivity index (χ1) is 12.3. The van der Waals surface area contributed by atoms with Crippen molar-refractivity contribution < 1.29 is 9.53 Å². The zero-order chi connectivity index (χ0) is 17.1. The van der Waals surface area contributed by atoms with Crippen LogP contribution in [-0.4, -0.2) is 60.3 Å². The molecule has 3 fully saturated rings. The van der Waals surface area contributed by atoms with Crippen LogP contribution in [0.1, 0.15) is 32.1 Å². The van der Waals surface area contributed by atoms with Gasteiger partial charge in [-0.1, -0.05) is 0 Å². The van der Waals surface area contributed by atoms with Crippen molar-refractivity contribution in [3.8, 4) is 0 Å². The summed E-state index contributed by atoms with van der Waals surface area (Å²) in [6.07, 6.45) is 10.3. The van der Waals surface area contributed by atoms with Crippen molar-refractivity contribution >= 4 is 36.5 Å². The van der Waals surface area contributed by atoms with E-state index in [9.17, 15) is 4.79 Å². The first-order valence-electron chi connectivity index (χ1n) is 9.46. The summed E-state index contributed by atoms with van der Waals surface area (Å²) in [6, 6.07) is 0.616. The Bertz CT molecular complexity index is 586. The molecular weight excluding hydrogens is 389 g/mol. The highest BCUT2D eigenvalue weighted by Gasteiger charge is 2.36. The maximum atomic E-state index is 12.7. The lowest BCUT2D eigenvalue weighted by Gasteiger charge is -2.40. The Morgan fingerprint density at radius 1 is 1.19 bits per heavy atom. The van der Waals surface area contributed by atoms with Crippen LogP contribution in [0.2, 0.25) is 0 Å². The van der Waals surface area contributed by atoms with Gasteiger partial charge in [-0.3, -0.25) is 9.78 Å². The van der Waals surface area contributed by atoms with E-state index >= 15 is 0 Å². The van der Waals surface area contributed by atoms with Crippen molar-refractivity contribution in [1.82, 2.24) is 20.6 Å². The van der Waals surface area contributed by atoms with E-state index < -0.39 is 0 Å². The van der Waals surface area contributed by atoms with Gasteiger partial charge in [0.25, 0.3) is 0 Å². The second-order valence-electron chi connectivity index (χ2n) is 7.31. The van der Waals surface area contributed by atoms with Crippen molar-refractivity contribution in [2.24, 2.45) is 5.92 Å². The van der Waals surface area contributed by atoms with Gasteiger partial charge in [-0.25, -0.2) is 4.98 Å². The minimum atomic E-state index is 0. The van der Waals surface area contributed by atoms with Crippen LogP contribution in [0.3, 0.4) is 0 Å². The maximum absolute atomic E-state index is 12.7. The lowest BCUT2D eigenvalue weighted by atomic mass is 9.82. The third-order valence-electron chi connectivity index (χ3n) is 5.71. The third-order valence-corrected chi connectivity index (χ3v) is 5.71. The van der Waals surface area contributed by atoms with E-state index in [0.717, 1.165) is 64.2 Å². The highest BCUT2D eigenvalue weighted by molar-refractivity contribution is 5.85. The number of fused-ring (bicyclic) bond motifs is 1. The Hall–Kier alpha value is -1.15. The van der Waals surface area contributed by atoms with Crippen LogP contribution < -0.4 is 15.5 Å². The molecular formula is C18H29Cl2N5O2. The van der Waals surface area contributed by atoms with Crippen molar-refractivity contribution in [2.45, 2.75) is 50.3 Å². The first-order valence-corrected chi connectivity index (χ1v) is 9.46. The number of amides is 1. The molecule has 2 aliphatic heterocycles. The van der Waals surface area contributed by atoms with Crippen molar-refractivity contribution in [3.05, 3.63) is 18.6 Å². The van der Waals surface area contributed by atoms with Gasteiger partial charge in [0.15, 0.2) is 0 Å². The quantitative estimate of drug-likeness (QED) is 0.776. The SMILES string of the molecule is Cl.Cl.O=C(NC1CCN(c2cnccn2)CC1)[C@H]1CC[C@H]2OCCN[C@@H]2C1. The number of nitrogens with zero attached hydrogens (tertiary/aromatic N) is 3. The monoisotopic (exact) mass is 417 g/mol. The number of ether oxygens (including phenoxy) is 1. The van der Waals surface area contributed by atoms with Crippen LogP contribution in [0.4, 0.5) is 5.82 Å². The number of nitrogens with one attached hydrogen (secondary N) is 2. The molecule has 0 radical (unpaired) electrons. The standard InChI is InChI=1S/C18H27N5O2.2ClH/c24-18(13-1-2-16-15(11-13)20-7-10-25-16)22-14-3-8-23(9-4-14)17-12-19-5-6-21-17;;/h5-6,12-16,20H,1-4,7-11H2,(H,22,24);2*1H/t13-,15+,16+;;/m0../s1. The normalized spacial score (nSPS) is 28.3. The number of aromatic nitrogens is 2. The average Bonchev–Trinajstić information content (AvgIpc) is 2.69. The fourth-order valence-electron chi connectivity index (χ4n) is 4.28. The molecule has 1 aliphatic carbocycles. The predicted molar refractivity (Wildman–Crippen MR) is 109 cm³/mol. The molecule has 2 saturated heterocycles. The number of morpholine rings is 1. The molecule has 1 amide bonds. The fraction of sp³-hybridized carbons (Fsp3) is 0.722. The van der Waals surface area contributed by atoms with Gasteiger partial charge in [0, 0.05) is 50.0 Å². The van der Waals surface area contributed by atoms with E-state index in [1.807, 2.05) is 0 Å². The summed E-state index contributed by atoms with van der Waals surface area (Å²) in [7, 11) is 0.